The van der Waals surface area contributed by atoms with E-state index in [2.05, 4.69) is 5.32 Å². The first-order valence-electron chi connectivity index (χ1n) is 8.60. The van der Waals surface area contributed by atoms with Gasteiger partial charge < -0.3 is 20.5 Å². The Kier molecular flexibility index (Phi) is 5.53. The van der Waals surface area contributed by atoms with Gasteiger partial charge in [0.05, 0.1) is 5.56 Å². The topological polar surface area (TPSA) is 90.7 Å². The van der Waals surface area contributed by atoms with Crippen LogP contribution in [0.15, 0.2) is 54.6 Å². The quantitative estimate of drug-likeness (QED) is 0.774. The lowest BCUT2D eigenvalue weighted by atomic mass is 9.85. The second-order valence-corrected chi connectivity index (χ2v) is 6.23. The Morgan fingerprint density at radius 3 is 2.35 bits per heavy atom. The van der Waals surface area contributed by atoms with Crippen LogP contribution in [-0.4, -0.2) is 31.6 Å². The number of hydrogen-bond acceptors (Lipinski definition) is 5. The van der Waals surface area contributed by atoms with Gasteiger partial charge in [0.1, 0.15) is 11.4 Å². The third-order valence-electron chi connectivity index (χ3n) is 4.52. The Balaban J connectivity index is 1.70. The number of benzene rings is 2. The van der Waals surface area contributed by atoms with Gasteiger partial charge in [-0.3, -0.25) is 4.79 Å². The minimum Gasteiger partial charge on any atom is -0.481 e. The van der Waals surface area contributed by atoms with Crippen LogP contribution < -0.4 is 15.8 Å². The molecule has 1 amide bonds. The molecule has 0 aromatic heterocycles. The van der Waals surface area contributed by atoms with E-state index in [0.717, 1.165) is 18.7 Å². The van der Waals surface area contributed by atoms with Crippen LogP contribution >= 0.6 is 0 Å². The molecule has 0 atom stereocenters. The Hall–Kier alpha value is -2.86. The van der Waals surface area contributed by atoms with E-state index in [1.165, 1.54) is 0 Å². The van der Waals surface area contributed by atoms with Gasteiger partial charge in [0.25, 0.3) is 5.91 Å². The smallest absolute Gasteiger partial charge is 0.345 e. The summed E-state index contributed by atoms with van der Waals surface area (Å²) >= 11 is 0. The van der Waals surface area contributed by atoms with Crippen LogP contribution in [0.4, 0.5) is 0 Å². The van der Waals surface area contributed by atoms with Gasteiger partial charge in [0.2, 0.25) is 0 Å². The van der Waals surface area contributed by atoms with Crippen LogP contribution in [0.5, 0.6) is 5.75 Å². The molecule has 0 radical (unpaired) electrons. The maximum absolute atomic E-state index is 12.5. The zero-order valence-electron chi connectivity index (χ0n) is 14.4. The number of para-hydroxylation sites is 1. The molecular formula is C20H22N2O4. The average Bonchev–Trinajstić information content (AvgIpc) is 2.68. The van der Waals surface area contributed by atoms with Crippen molar-refractivity contribution in [1.82, 2.24) is 5.32 Å². The predicted octanol–water partition coefficient (Wildman–Crippen LogP) is 1.99. The van der Waals surface area contributed by atoms with Crippen molar-refractivity contribution in [3.05, 3.63) is 65.7 Å². The number of carbonyl (C=O) groups is 2. The molecule has 26 heavy (non-hydrogen) atoms. The van der Waals surface area contributed by atoms with Gasteiger partial charge in [0, 0.05) is 12.8 Å². The van der Waals surface area contributed by atoms with Crippen LogP contribution in [-0.2, 0) is 15.1 Å². The van der Waals surface area contributed by atoms with E-state index in [-0.39, 0.29) is 17.9 Å². The lowest BCUT2D eigenvalue weighted by molar-refractivity contribution is -0.166. The van der Waals surface area contributed by atoms with Crippen LogP contribution in [0.3, 0.4) is 0 Å². The number of hydrogen-bond donors (Lipinski definition) is 2. The van der Waals surface area contributed by atoms with Crippen molar-refractivity contribution < 1.29 is 19.1 Å². The first-order valence-corrected chi connectivity index (χ1v) is 8.60. The fourth-order valence-corrected chi connectivity index (χ4v) is 3.20. The number of ether oxygens (including phenoxy) is 2. The fourth-order valence-electron chi connectivity index (χ4n) is 3.20. The summed E-state index contributed by atoms with van der Waals surface area (Å²) in [7, 11) is 0. The molecule has 1 aliphatic heterocycles. The van der Waals surface area contributed by atoms with E-state index in [0.29, 0.717) is 12.8 Å². The minimum absolute atomic E-state index is 0.236. The molecule has 6 heteroatoms. The molecule has 0 saturated carbocycles. The van der Waals surface area contributed by atoms with Gasteiger partial charge in [-0.05, 0) is 30.8 Å². The van der Waals surface area contributed by atoms with Crippen LogP contribution in [0.25, 0.3) is 0 Å². The molecule has 2 aromatic carbocycles. The third kappa shape index (κ3) is 4.03. The number of primary amides is 1. The summed E-state index contributed by atoms with van der Waals surface area (Å²) in [6.07, 6.45) is 1.39. The summed E-state index contributed by atoms with van der Waals surface area (Å²) in [4.78, 5) is 23.9. The highest BCUT2D eigenvalue weighted by Crippen LogP contribution is 2.35. The number of esters is 1. The van der Waals surface area contributed by atoms with E-state index in [1.807, 2.05) is 30.3 Å². The summed E-state index contributed by atoms with van der Waals surface area (Å²) < 4.78 is 11.4. The average molecular weight is 354 g/mol. The van der Waals surface area contributed by atoms with Crippen LogP contribution in [0.1, 0.15) is 28.8 Å². The highest BCUT2D eigenvalue weighted by Gasteiger charge is 2.37. The predicted molar refractivity (Wildman–Crippen MR) is 96.8 cm³/mol. The molecule has 0 spiro atoms. The highest BCUT2D eigenvalue weighted by molar-refractivity contribution is 5.95. The molecule has 136 valence electrons. The Morgan fingerprint density at radius 2 is 1.65 bits per heavy atom. The number of amides is 1. The summed E-state index contributed by atoms with van der Waals surface area (Å²) in [6.45, 7) is 1.26. The van der Waals surface area contributed by atoms with E-state index >= 15 is 0 Å². The van der Waals surface area contributed by atoms with Gasteiger partial charge >= 0.3 is 5.97 Å². The summed E-state index contributed by atoms with van der Waals surface area (Å²) in [5.41, 5.74) is 5.88. The van der Waals surface area contributed by atoms with Crippen molar-refractivity contribution in [2.45, 2.75) is 18.4 Å². The minimum atomic E-state index is -0.657. The molecular weight excluding hydrogens is 332 g/mol. The van der Waals surface area contributed by atoms with Crippen LogP contribution in [0, 0.1) is 0 Å². The number of nitrogens with two attached hydrogens (primary N) is 1. The molecule has 0 aliphatic carbocycles. The van der Waals surface area contributed by atoms with Crippen molar-refractivity contribution in [2.24, 2.45) is 5.73 Å². The lowest BCUT2D eigenvalue weighted by Gasteiger charge is -2.37. The molecule has 0 unspecified atom stereocenters. The van der Waals surface area contributed by atoms with E-state index in [9.17, 15) is 9.59 Å². The van der Waals surface area contributed by atoms with Gasteiger partial charge in [-0.25, -0.2) is 4.79 Å². The molecule has 0 bridgehead atoms. The monoisotopic (exact) mass is 354 g/mol. The van der Waals surface area contributed by atoms with Gasteiger partial charge in [0.15, 0.2) is 6.61 Å². The van der Waals surface area contributed by atoms with Crippen LogP contribution in [0.2, 0.25) is 0 Å². The third-order valence-corrected chi connectivity index (χ3v) is 4.52. The number of rotatable bonds is 6. The van der Waals surface area contributed by atoms with Gasteiger partial charge in [-0.2, -0.15) is 0 Å². The highest BCUT2D eigenvalue weighted by atomic mass is 16.6. The van der Waals surface area contributed by atoms with Crippen molar-refractivity contribution in [3.8, 4) is 5.75 Å². The summed E-state index contributed by atoms with van der Waals surface area (Å²) in [6, 6.07) is 16.3. The Bertz CT molecular complexity index is 770. The van der Waals surface area contributed by atoms with E-state index in [1.54, 1.807) is 24.3 Å². The zero-order chi connectivity index (χ0) is 18.4. The number of piperidine rings is 1. The first-order chi connectivity index (χ1) is 12.6. The van der Waals surface area contributed by atoms with Crippen molar-refractivity contribution >= 4 is 11.9 Å². The van der Waals surface area contributed by atoms with E-state index < -0.39 is 17.5 Å². The molecule has 1 fully saturated rings. The molecule has 1 aliphatic rings. The standard InChI is InChI=1S/C20H22N2O4/c21-19(24)16-8-4-5-9-17(16)25-14-18(23)26-20(10-12-22-13-11-20)15-6-2-1-3-7-15/h1-9,22H,10-14H2,(H2,21,24). The molecule has 1 heterocycles. The van der Waals surface area contributed by atoms with Crippen molar-refractivity contribution in [1.29, 1.82) is 0 Å². The lowest BCUT2D eigenvalue weighted by Crippen LogP contribution is -2.43. The molecule has 2 aromatic rings. The Morgan fingerprint density at radius 1 is 1.00 bits per heavy atom. The second kappa shape index (κ2) is 8.01. The molecule has 1 saturated heterocycles. The fraction of sp³-hybridized carbons (Fsp3) is 0.300. The summed E-state index contributed by atoms with van der Waals surface area (Å²) in [5.74, 6) is -0.806. The molecule has 3 rings (SSSR count). The Labute approximate surface area is 152 Å². The summed E-state index contributed by atoms with van der Waals surface area (Å²) in [5, 5.41) is 3.29. The maximum atomic E-state index is 12.5. The zero-order valence-corrected chi connectivity index (χ0v) is 14.4. The van der Waals surface area contributed by atoms with Crippen molar-refractivity contribution in [2.75, 3.05) is 19.7 Å². The van der Waals surface area contributed by atoms with E-state index in [4.69, 9.17) is 15.2 Å². The van der Waals surface area contributed by atoms with Gasteiger partial charge in [-0.15, -0.1) is 0 Å². The largest absolute Gasteiger partial charge is 0.481 e. The molecule has 3 N–H and O–H groups in total. The first kappa shape index (κ1) is 17.9. The number of nitrogens with one attached hydrogen (secondary N) is 1. The van der Waals surface area contributed by atoms with Crippen molar-refractivity contribution in [3.63, 3.8) is 0 Å². The maximum Gasteiger partial charge on any atom is 0.345 e. The SMILES string of the molecule is NC(=O)c1ccccc1OCC(=O)OC1(c2ccccc2)CCNCC1. The van der Waals surface area contributed by atoms with Gasteiger partial charge in [-0.1, -0.05) is 42.5 Å². The number of carbonyl (C=O) groups excluding carboxylic acids is 2. The second-order valence-electron chi connectivity index (χ2n) is 6.23. The normalized spacial score (nSPS) is 15.8. The molecule has 6 nitrogen and oxygen atoms in total.